The Hall–Kier alpha value is -5.93. The van der Waals surface area contributed by atoms with Crippen molar-refractivity contribution in [3.05, 3.63) is 95.4 Å². The molecule has 0 bridgehead atoms. The van der Waals surface area contributed by atoms with Crippen molar-refractivity contribution in [1.29, 1.82) is 0 Å². The number of halogens is 1. The molecule has 0 radical (unpaired) electrons. The van der Waals surface area contributed by atoms with Crippen LogP contribution in [-0.4, -0.2) is 74.2 Å². The Balaban J connectivity index is 1.08. The zero-order valence-electron chi connectivity index (χ0n) is 31.6. The van der Waals surface area contributed by atoms with E-state index in [1.54, 1.807) is 68.0 Å². The number of phenols is 1. The number of aromatic hydroxyl groups is 1. The minimum atomic E-state index is -1.16. The number of carbonyl (C=O) groups excluding carboxylic acids is 3. The number of nitrogens with one attached hydrogen (secondary N) is 2. The Morgan fingerprint density at radius 2 is 1.71 bits per heavy atom. The lowest BCUT2D eigenvalue weighted by atomic mass is 9.85. The molecule has 3 heterocycles. The molecule has 5 aromatic rings. The van der Waals surface area contributed by atoms with E-state index in [1.807, 2.05) is 38.1 Å². The SMILES string of the molecule is Cc1ncsc1-c1ccc([C@H](C)NC(=O)[C@@H]2C[C@@H]([O-])CN2C(=O)[C@@H](NC(=O)COc2ccc(-c3cc(-c4cc(F)ccc4O)nnc3N)cc2)C(C)(C)C)cc1. The zero-order valence-corrected chi connectivity index (χ0v) is 32.4. The molecule has 0 spiro atoms. The summed E-state index contributed by atoms with van der Waals surface area (Å²) in [5.41, 5.74) is 11.4. The van der Waals surface area contributed by atoms with Crippen LogP contribution in [0.15, 0.2) is 78.3 Å². The van der Waals surface area contributed by atoms with Crippen molar-refractivity contribution in [2.45, 2.75) is 65.3 Å². The van der Waals surface area contributed by atoms with Crippen LogP contribution in [-0.2, 0) is 14.4 Å². The van der Waals surface area contributed by atoms with E-state index in [4.69, 9.17) is 10.5 Å². The zero-order chi connectivity index (χ0) is 40.3. The second-order valence-corrected chi connectivity index (χ2v) is 15.7. The van der Waals surface area contributed by atoms with E-state index in [1.165, 1.54) is 11.0 Å². The van der Waals surface area contributed by atoms with Gasteiger partial charge in [0.1, 0.15) is 29.4 Å². The smallest absolute Gasteiger partial charge is 0.258 e. The number of carbonyl (C=O) groups is 3. The largest absolute Gasteiger partial charge is 0.851 e. The minimum absolute atomic E-state index is 0.0480. The van der Waals surface area contributed by atoms with Crippen LogP contribution < -0.4 is 26.2 Å². The van der Waals surface area contributed by atoms with Gasteiger partial charge in [0.2, 0.25) is 11.8 Å². The first kappa shape index (κ1) is 39.8. The minimum Gasteiger partial charge on any atom is -0.851 e. The Labute approximate surface area is 327 Å². The van der Waals surface area contributed by atoms with Crippen molar-refractivity contribution in [1.82, 2.24) is 30.7 Å². The molecule has 1 fully saturated rings. The quantitative estimate of drug-likeness (QED) is 0.145. The van der Waals surface area contributed by atoms with E-state index in [9.17, 15) is 29.0 Å². The van der Waals surface area contributed by atoms with E-state index >= 15 is 0 Å². The number of thiazole rings is 1. The molecule has 3 aromatic carbocycles. The van der Waals surface area contributed by atoms with Crippen LogP contribution in [0, 0.1) is 18.2 Å². The molecule has 1 saturated heterocycles. The van der Waals surface area contributed by atoms with Crippen molar-refractivity contribution < 1.29 is 33.7 Å². The lowest BCUT2D eigenvalue weighted by Crippen LogP contribution is -2.58. The highest BCUT2D eigenvalue weighted by molar-refractivity contribution is 7.13. The molecule has 1 aliphatic rings. The predicted molar refractivity (Wildman–Crippen MR) is 209 cm³/mol. The molecule has 2 aromatic heterocycles. The number of hydrogen-bond acceptors (Lipinski definition) is 11. The number of aromatic nitrogens is 3. The first-order valence-corrected chi connectivity index (χ1v) is 18.9. The van der Waals surface area contributed by atoms with Crippen molar-refractivity contribution in [3.63, 3.8) is 0 Å². The van der Waals surface area contributed by atoms with Crippen LogP contribution in [0.5, 0.6) is 11.5 Å². The average molecular weight is 781 g/mol. The molecular weight excluding hydrogens is 738 g/mol. The maximum absolute atomic E-state index is 14.0. The number of phenolic OH excluding ortho intramolecular Hbond substituents is 1. The summed E-state index contributed by atoms with van der Waals surface area (Å²) in [7, 11) is 0. The van der Waals surface area contributed by atoms with Crippen LogP contribution in [0.1, 0.15) is 51.4 Å². The number of rotatable bonds is 11. The number of aryl methyl sites for hydroxylation is 1. The Bertz CT molecular complexity index is 2230. The second-order valence-electron chi connectivity index (χ2n) is 14.9. The summed E-state index contributed by atoms with van der Waals surface area (Å²) in [6.07, 6.45) is -1.21. The molecule has 5 N–H and O–H groups in total. The van der Waals surface area contributed by atoms with Crippen molar-refractivity contribution >= 4 is 34.9 Å². The average Bonchev–Trinajstić information content (AvgIpc) is 3.79. The highest BCUT2D eigenvalue weighted by atomic mass is 32.1. The number of nitrogen functional groups attached to an aromatic ring is 1. The van der Waals surface area contributed by atoms with Gasteiger partial charge in [0.05, 0.1) is 27.8 Å². The number of amides is 3. The van der Waals surface area contributed by atoms with Gasteiger partial charge in [-0.25, -0.2) is 9.37 Å². The summed E-state index contributed by atoms with van der Waals surface area (Å²) < 4.78 is 19.6. The Morgan fingerprint density at radius 1 is 1.02 bits per heavy atom. The van der Waals surface area contributed by atoms with Crippen molar-refractivity contribution in [2.24, 2.45) is 5.41 Å². The number of nitrogens with two attached hydrogens (primary N) is 1. The number of ether oxygens (including phenoxy) is 1. The summed E-state index contributed by atoms with van der Waals surface area (Å²) in [6, 6.07) is 17.1. The van der Waals surface area contributed by atoms with Crippen LogP contribution in [0.4, 0.5) is 10.2 Å². The first-order chi connectivity index (χ1) is 26.6. The van der Waals surface area contributed by atoms with E-state index in [2.05, 4.69) is 25.8 Å². The number of nitrogens with zero attached hydrogens (tertiary/aromatic N) is 4. The Kier molecular flexibility index (Phi) is 11.7. The summed E-state index contributed by atoms with van der Waals surface area (Å²) in [4.78, 5) is 47.5. The van der Waals surface area contributed by atoms with Gasteiger partial charge in [-0.3, -0.25) is 14.4 Å². The maximum Gasteiger partial charge on any atom is 0.258 e. The van der Waals surface area contributed by atoms with Gasteiger partial charge >= 0.3 is 0 Å². The highest BCUT2D eigenvalue weighted by Crippen LogP contribution is 2.34. The molecule has 13 nitrogen and oxygen atoms in total. The van der Waals surface area contributed by atoms with Gasteiger partial charge in [-0.05, 0) is 78.8 Å². The summed E-state index contributed by atoms with van der Waals surface area (Å²) >= 11 is 1.56. The topological polar surface area (TPSA) is 196 Å². The van der Waals surface area contributed by atoms with Crippen molar-refractivity contribution in [2.75, 3.05) is 18.9 Å². The summed E-state index contributed by atoms with van der Waals surface area (Å²) in [5.74, 6) is -1.80. The fourth-order valence-corrected chi connectivity index (χ4v) is 7.37. The third kappa shape index (κ3) is 8.95. The number of likely N-dealkylation sites (tertiary alicyclic amines) is 1. The fraction of sp³-hybridized carbons (Fsp3) is 0.317. The second kappa shape index (κ2) is 16.4. The molecule has 0 aliphatic carbocycles. The number of anilines is 1. The van der Waals surface area contributed by atoms with Gasteiger partial charge in [0, 0.05) is 17.7 Å². The molecule has 292 valence electrons. The lowest BCUT2D eigenvalue weighted by molar-refractivity contribution is -0.414. The van der Waals surface area contributed by atoms with Crippen LogP contribution in [0.3, 0.4) is 0 Å². The molecule has 6 rings (SSSR count). The Morgan fingerprint density at radius 3 is 2.38 bits per heavy atom. The third-order valence-electron chi connectivity index (χ3n) is 9.64. The molecule has 0 unspecified atom stereocenters. The monoisotopic (exact) mass is 780 g/mol. The van der Waals surface area contributed by atoms with Crippen molar-refractivity contribution in [3.8, 4) is 44.3 Å². The number of benzene rings is 3. The van der Waals surface area contributed by atoms with Gasteiger partial charge < -0.3 is 36.2 Å². The maximum atomic E-state index is 14.0. The molecular formula is C41H43FN7O6S-. The molecule has 0 saturated carbocycles. The molecule has 15 heteroatoms. The van der Waals surface area contributed by atoms with Crippen LogP contribution in [0.25, 0.3) is 32.8 Å². The normalized spacial score (nSPS) is 16.6. The third-order valence-corrected chi connectivity index (χ3v) is 10.6. The summed E-state index contributed by atoms with van der Waals surface area (Å²) in [5, 5.41) is 36.7. The van der Waals surface area contributed by atoms with Crippen LogP contribution >= 0.6 is 11.3 Å². The van der Waals surface area contributed by atoms with E-state index in [0.717, 1.165) is 33.8 Å². The van der Waals surface area contributed by atoms with Crippen LogP contribution in [0.2, 0.25) is 0 Å². The molecule has 1 aliphatic heterocycles. The van der Waals surface area contributed by atoms with Gasteiger partial charge in [0.15, 0.2) is 12.4 Å². The van der Waals surface area contributed by atoms with Gasteiger partial charge in [-0.15, -0.1) is 27.6 Å². The molecule has 4 atom stereocenters. The van der Waals surface area contributed by atoms with Gasteiger partial charge in [-0.1, -0.05) is 57.2 Å². The standard InChI is InChI=1S/C41H43FN7O6S/c1-22(24-6-8-26(9-7-24)36-23(2)44-21-56-36)45-39(53)33-17-28(50)19-49(33)40(54)37(41(3,4)5)46-35(52)20-55-29-13-10-25(11-14-29)30-18-32(47-48-38(30)43)31-16-27(42)12-15-34(31)51/h6-16,18,21-22,28,33,37,51H,17,19-20H2,1-5H3,(H2,43,48)(H,45,53)(H,46,52)/q-1/t22-,28+,33-,37+/m0/s1. The number of hydrogen-bond donors (Lipinski definition) is 4. The summed E-state index contributed by atoms with van der Waals surface area (Å²) in [6.45, 7) is 8.57. The molecule has 56 heavy (non-hydrogen) atoms. The van der Waals surface area contributed by atoms with Gasteiger partial charge in [-0.2, -0.15) is 0 Å². The fourth-order valence-electron chi connectivity index (χ4n) is 6.56. The van der Waals surface area contributed by atoms with E-state index < -0.39 is 59.8 Å². The first-order valence-electron chi connectivity index (χ1n) is 18.0. The predicted octanol–water partition coefficient (Wildman–Crippen LogP) is 4.79. The van der Waals surface area contributed by atoms with E-state index in [-0.39, 0.29) is 35.8 Å². The highest BCUT2D eigenvalue weighted by Gasteiger charge is 2.43. The van der Waals surface area contributed by atoms with E-state index in [0.29, 0.717) is 16.9 Å². The molecule has 3 amide bonds. The van der Waals surface area contributed by atoms with Gasteiger partial charge in [0.25, 0.3) is 5.91 Å². The lowest BCUT2D eigenvalue weighted by Gasteiger charge is -2.36.